The number of aromatic nitrogens is 3. The van der Waals surface area contributed by atoms with E-state index in [0.717, 1.165) is 23.9 Å². The number of thiazole rings is 1. The Balaban J connectivity index is 1.58. The number of furan rings is 1. The van der Waals surface area contributed by atoms with Crippen molar-refractivity contribution in [2.45, 2.75) is 20.0 Å². The van der Waals surface area contributed by atoms with E-state index in [9.17, 15) is 0 Å². The van der Waals surface area contributed by atoms with Crippen molar-refractivity contribution in [2.24, 2.45) is 7.05 Å². The molecule has 3 heterocycles. The first-order valence-electron chi connectivity index (χ1n) is 6.41. The molecule has 0 fully saturated rings. The van der Waals surface area contributed by atoms with Crippen molar-refractivity contribution < 1.29 is 4.42 Å². The van der Waals surface area contributed by atoms with E-state index in [-0.39, 0.29) is 0 Å². The molecule has 104 valence electrons. The van der Waals surface area contributed by atoms with Crippen LogP contribution in [0.25, 0.3) is 10.8 Å². The van der Waals surface area contributed by atoms with Gasteiger partial charge >= 0.3 is 0 Å². The summed E-state index contributed by atoms with van der Waals surface area (Å²) in [6, 6.07) is 3.80. The van der Waals surface area contributed by atoms with Crippen LogP contribution < -0.4 is 5.32 Å². The van der Waals surface area contributed by atoms with Gasteiger partial charge in [-0.3, -0.25) is 4.68 Å². The lowest BCUT2D eigenvalue weighted by Crippen LogP contribution is -2.12. The fourth-order valence-corrected chi connectivity index (χ4v) is 2.79. The van der Waals surface area contributed by atoms with Gasteiger partial charge in [0.1, 0.15) is 0 Å². The minimum atomic E-state index is 0.798. The van der Waals surface area contributed by atoms with E-state index in [4.69, 9.17) is 4.42 Å². The summed E-state index contributed by atoms with van der Waals surface area (Å²) in [4.78, 5) is 5.57. The molecule has 3 aromatic rings. The molecule has 20 heavy (non-hydrogen) atoms. The zero-order valence-corrected chi connectivity index (χ0v) is 12.3. The molecule has 0 aliphatic rings. The maximum Gasteiger partial charge on any atom is 0.162 e. The highest BCUT2D eigenvalue weighted by atomic mass is 32.1. The Morgan fingerprint density at radius 3 is 2.95 bits per heavy atom. The standard InChI is InChI=1S/C14H16N4OS/c1-10-11(7-17-18(10)2)6-15-8-12-9-16-14(20-12)13-4-3-5-19-13/h3-5,7,9,15H,6,8H2,1-2H3. The molecular formula is C14H16N4OS. The minimum Gasteiger partial charge on any atom is -0.462 e. The highest BCUT2D eigenvalue weighted by molar-refractivity contribution is 7.14. The average molecular weight is 288 g/mol. The van der Waals surface area contributed by atoms with Crippen molar-refractivity contribution in [3.8, 4) is 10.8 Å². The van der Waals surface area contributed by atoms with E-state index in [0.29, 0.717) is 0 Å². The van der Waals surface area contributed by atoms with Gasteiger partial charge in [-0.1, -0.05) is 0 Å². The second kappa shape index (κ2) is 5.60. The summed E-state index contributed by atoms with van der Waals surface area (Å²) < 4.78 is 7.23. The van der Waals surface area contributed by atoms with E-state index < -0.39 is 0 Å². The van der Waals surface area contributed by atoms with Gasteiger partial charge in [0, 0.05) is 42.5 Å². The first-order chi connectivity index (χ1) is 9.74. The van der Waals surface area contributed by atoms with Crippen LogP contribution in [0.3, 0.4) is 0 Å². The van der Waals surface area contributed by atoms with Crippen molar-refractivity contribution >= 4 is 11.3 Å². The molecule has 1 N–H and O–H groups in total. The van der Waals surface area contributed by atoms with Crippen molar-refractivity contribution in [1.29, 1.82) is 0 Å². The number of aryl methyl sites for hydroxylation is 1. The monoisotopic (exact) mass is 288 g/mol. The van der Waals surface area contributed by atoms with Crippen LogP contribution in [-0.2, 0) is 20.1 Å². The summed E-state index contributed by atoms with van der Waals surface area (Å²) in [5.74, 6) is 0.823. The maximum absolute atomic E-state index is 5.34. The van der Waals surface area contributed by atoms with E-state index >= 15 is 0 Å². The van der Waals surface area contributed by atoms with Gasteiger partial charge < -0.3 is 9.73 Å². The molecule has 0 unspecified atom stereocenters. The SMILES string of the molecule is Cc1c(CNCc2cnc(-c3ccco3)s2)cnn1C. The largest absolute Gasteiger partial charge is 0.462 e. The molecule has 0 radical (unpaired) electrons. The molecule has 0 amide bonds. The second-order valence-electron chi connectivity index (χ2n) is 4.59. The lowest BCUT2D eigenvalue weighted by molar-refractivity contribution is 0.582. The minimum absolute atomic E-state index is 0.798. The normalized spacial score (nSPS) is 11.1. The number of rotatable bonds is 5. The average Bonchev–Trinajstić information content (AvgIpc) is 3.15. The molecule has 5 nitrogen and oxygen atoms in total. The Morgan fingerprint density at radius 2 is 2.25 bits per heavy atom. The predicted octanol–water partition coefficient (Wildman–Crippen LogP) is 2.73. The summed E-state index contributed by atoms with van der Waals surface area (Å²) in [5, 5.41) is 8.57. The maximum atomic E-state index is 5.34. The highest BCUT2D eigenvalue weighted by Gasteiger charge is 2.07. The van der Waals surface area contributed by atoms with Crippen LogP contribution in [-0.4, -0.2) is 14.8 Å². The van der Waals surface area contributed by atoms with Crippen LogP contribution in [0.2, 0.25) is 0 Å². The van der Waals surface area contributed by atoms with Gasteiger partial charge in [-0.2, -0.15) is 5.10 Å². The first-order valence-corrected chi connectivity index (χ1v) is 7.22. The molecule has 0 saturated heterocycles. The Kier molecular flexibility index (Phi) is 3.66. The van der Waals surface area contributed by atoms with E-state index in [1.165, 1.54) is 16.1 Å². The molecule has 0 bridgehead atoms. The van der Waals surface area contributed by atoms with E-state index in [1.54, 1.807) is 17.6 Å². The van der Waals surface area contributed by atoms with Gasteiger partial charge in [0.15, 0.2) is 10.8 Å². The third kappa shape index (κ3) is 2.66. The van der Waals surface area contributed by atoms with Crippen LogP contribution in [0.5, 0.6) is 0 Å². The van der Waals surface area contributed by atoms with Crippen LogP contribution in [0.15, 0.2) is 35.2 Å². The van der Waals surface area contributed by atoms with Crippen LogP contribution >= 0.6 is 11.3 Å². The zero-order chi connectivity index (χ0) is 13.9. The summed E-state index contributed by atoms with van der Waals surface area (Å²) in [6.07, 6.45) is 5.47. The van der Waals surface area contributed by atoms with E-state index in [2.05, 4.69) is 22.3 Å². The third-order valence-electron chi connectivity index (χ3n) is 3.24. The topological polar surface area (TPSA) is 55.9 Å². The lowest BCUT2D eigenvalue weighted by Gasteiger charge is -2.02. The number of nitrogens with zero attached hydrogens (tertiary/aromatic N) is 3. The zero-order valence-electron chi connectivity index (χ0n) is 11.5. The number of nitrogens with one attached hydrogen (secondary N) is 1. The second-order valence-corrected chi connectivity index (χ2v) is 5.71. The summed E-state index contributed by atoms with van der Waals surface area (Å²) in [5.41, 5.74) is 2.42. The molecular weight excluding hydrogens is 272 g/mol. The van der Waals surface area contributed by atoms with Crippen molar-refractivity contribution in [1.82, 2.24) is 20.1 Å². The highest BCUT2D eigenvalue weighted by Crippen LogP contribution is 2.25. The lowest BCUT2D eigenvalue weighted by atomic mass is 10.2. The summed E-state index contributed by atoms with van der Waals surface area (Å²) in [6.45, 7) is 3.69. The predicted molar refractivity (Wildman–Crippen MR) is 78.3 cm³/mol. The molecule has 6 heteroatoms. The fraction of sp³-hybridized carbons (Fsp3) is 0.286. The van der Waals surface area contributed by atoms with Gasteiger partial charge in [-0.15, -0.1) is 11.3 Å². The van der Waals surface area contributed by atoms with Crippen LogP contribution in [0, 0.1) is 6.92 Å². The fourth-order valence-electron chi connectivity index (χ4n) is 1.94. The van der Waals surface area contributed by atoms with Gasteiger partial charge in [0.25, 0.3) is 0 Å². The van der Waals surface area contributed by atoms with Crippen LogP contribution in [0.4, 0.5) is 0 Å². The van der Waals surface area contributed by atoms with Gasteiger partial charge in [-0.25, -0.2) is 4.98 Å². The van der Waals surface area contributed by atoms with Gasteiger partial charge in [0.2, 0.25) is 0 Å². The molecule has 0 atom stereocenters. The van der Waals surface area contributed by atoms with Gasteiger partial charge in [0.05, 0.1) is 12.5 Å². The molecule has 0 aromatic carbocycles. The third-order valence-corrected chi connectivity index (χ3v) is 4.25. The van der Waals surface area contributed by atoms with Gasteiger partial charge in [-0.05, 0) is 19.1 Å². The Morgan fingerprint density at radius 1 is 1.35 bits per heavy atom. The first kappa shape index (κ1) is 13.1. The molecule has 0 aliphatic carbocycles. The Labute approximate surface area is 121 Å². The molecule has 3 rings (SSSR count). The molecule has 3 aromatic heterocycles. The van der Waals surface area contributed by atoms with E-state index in [1.807, 2.05) is 36.3 Å². The number of hydrogen-bond acceptors (Lipinski definition) is 5. The molecule has 0 saturated carbocycles. The molecule has 0 spiro atoms. The quantitative estimate of drug-likeness (QED) is 0.784. The van der Waals surface area contributed by atoms with Crippen molar-refractivity contribution in [3.05, 3.63) is 46.9 Å². The Hall–Kier alpha value is -1.92. The number of hydrogen-bond donors (Lipinski definition) is 1. The van der Waals surface area contributed by atoms with Crippen molar-refractivity contribution in [3.63, 3.8) is 0 Å². The summed E-state index contributed by atoms with van der Waals surface area (Å²) >= 11 is 1.65. The molecule has 0 aliphatic heterocycles. The Bertz CT molecular complexity index is 684. The van der Waals surface area contributed by atoms with Crippen LogP contribution in [0.1, 0.15) is 16.1 Å². The smallest absolute Gasteiger partial charge is 0.162 e. The summed E-state index contributed by atoms with van der Waals surface area (Å²) in [7, 11) is 1.96. The van der Waals surface area contributed by atoms with Crippen molar-refractivity contribution in [2.75, 3.05) is 0 Å².